The highest BCUT2D eigenvalue weighted by atomic mass is 19.4. The fourth-order valence-electron chi connectivity index (χ4n) is 5.59. The maximum atomic E-state index is 15.2. The van der Waals surface area contributed by atoms with Gasteiger partial charge in [0.2, 0.25) is 5.95 Å². The summed E-state index contributed by atoms with van der Waals surface area (Å²) in [5.41, 5.74) is -1.87. The molecule has 3 aromatic heterocycles. The predicted octanol–water partition coefficient (Wildman–Crippen LogP) is 5.11. The van der Waals surface area contributed by atoms with E-state index in [9.17, 15) is 31.1 Å². The summed E-state index contributed by atoms with van der Waals surface area (Å²) in [4.78, 5) is 19.5. The van der Waals surface area contributed by atoms with Gasteiger partial charge in [0.15, 0.2) is 11.5 Å². The topological polar surface area (TPSA) is 118 Å². The number of carbonyl (C=O) groups is 1. The van der Waals surface area contributed by atoms with E-state index in [4.69, 9.17) is 4.74 Å². The Balaban J connectivity index is 1.16. The van der Waals surface area contributed by atoms with E-state index in [1.807, 2.05) is 0 Å². The first-order valence-electron chi connectivity index (χ1n) is 12.4. The largest absolute Gasteiger partial charge is 0.522 e. The lowest BCUT2D eigenvalue weighted by Crippen LogP contribution is -2.68. The number of alkyl carbamates (subject to hydrolysis) is 1. The van der Waals surface area contributed by atoms with Crippen molar-refractivity contribution in [3.05, 3.63) is 35.4 Å². The maximum Gasteiger partial charge on any atom is 0.522 e. The van der Waals surface area contributed by atoms with E-state index in [1.54, 1.807) is 0 Å². The number of hydrogen-bond donors (Lipinski definition) is 3. The quantitative estimate of drug-likeness (QED) is 0.334. The Bertz CT molecular complexity index is 1420. The van der Waals surface area contributed by atoms with Crippen LogP contribution in [0.2, 0.25) is 0 Å². The minimum absolute atomic E-state index is 0.0251. The number of nitrogens with zero attached hydrogens (tertiary/aromatic N) is 4. The molecule has 17 heteroatoms. The average molecular weight is 577 g/mol. The van der Waals surface area contributed by atoms with E-state index in [0.717, 1.165) is 29.9 Å². The molecule has 3 aromatic rings. The Morgan fingerprint density at radius 2 is 1.88 bits per heavy atom. The molecule has 4 saturated carbocycles. The molecule has 3 N–H and O–H groups in total. The molecule has 1 amide bonds. The first kappa shape index (κ1) is 26.6. The molecule has 0 unspecified atom stereocenters. The van der Waals surface area contributed by atoms with Crippen LogP contribution in [0.5, 0.6) is 0 Å². The SMILES string of the molecule is O=C(NC12CC(C1)C2)O[C@@H]1CC[C@H](c2cc(Nc3nc(C(F)(F)F)cc4nc(COC(F)(F)F)cn34)n[nH]2)[C@@H]1F. The average Bonchev–Trinajstić information content (AvgIpc) is 3.52. The van der Waals surface area contributed by atoms with Crippen molar-refractivity contribution in [1.29, 1.82) is 0 Å². The second-order valence-electron chi connectivity index (χ2n) is 10.4. The van der Waals surface area contributed by atoms with Crippen molar-refractivity contribution in [3.8, 4) is 0 Å². The van der Waals surface area contributed by atoms with Crippen LogP contribution in [0.15, 0.2) is 18.3 Å². The lowest BCUT2D eigenvalue weighted by Gasteiger charge is -2.61. The summed E-state index contributed by atoms with van der Waals surface area (Å²) in [5.74, 6) is -0.537. The van der Waals surface area contributed by atoms with Crippen LogP contribution in [0.1, 0.15) is 55.1 Å². The molecule has 0 radical (unpaired) electrons. The van der Waals surface area contributed by atoms with Crippen LogP contribution < -0.4 is 10.6 Å². The first-order chi connectivity index (χ1) is 18.8. The zero-order chi connectivity index (χ0) is 28.4. The number of carbonyl (C=O) groups excluding carboxylic acids is 1. The van der Waals surface area contributed by atoms with Crippen molar-refractivity contribution in [3.63, 3.8) is 0 Å². The normalized spacial score (nSPS) is 27.8. The van der Waals surface area contributed by atoms with E-state index in [2.05, 4.69) is 35.5 Å². The van der Waals surface area contributed by atoms with Crippen molar-refractivity contribution in [2.75, 3.05) is 5.32 Å². The van der Waals surface area contributed by atoms with Gasteiger partial charge in [-0.05, 0) is 38.0 Å². The number of nitrogens with one attached hydrogen (secondary N) is 3. The maximum absolute atomic E-state index is 15.2. The van der Waals surface area contributed by atoms with E-state index in [-0.39, 0.29) is 29.1 Å². The summed E-state index contributed by atoms with van der Waals surface area (Å²) in [7, 11) is 0. The van der Waals surface area contributed by atoms with Crippen LogP contribution in [0, 0.1) is 5.92 Å². The molecule has 216 valence electrons. The molecule has 4 aliphatic rings. The Labute approximate surface area is 220 Å². The van der Waals surface area contributed by atoms with Crippen molar-refractivity contribution in [2.24, 2.45) is 5.92 Å². The molecule has 0 aliphatic heterocycles. The molecular formula is C23H22F7N7O3. The lowest BCUT2D eigenvalue weighted by atomic mass is 9.50. The van der Waals surface area contributed by atoms with Gasteiger partial charge in [0, 0.05) is 35.5 Å². The highest BCUT2D eigenvalue weighted by molar-refractivity contribution is 5.69. The van der Waals surface area contributed by atoms with E-state index in [0.29, 0.717) is 24.1 Å². The lowest BCUT2D eigenvalue weighted by molar-refractivity contribution is -0.330. The number of H-pyrrole nitrogens is 1. The van der Waals surface area contributed by atoms with Crippen molar-refractivity contribution >= 4 is 23.5 Å². The fourth-order valence-corrected chi connectivity index (χ4v) is 5.59. The van der Waals surface area contributed by atoms with Gasteiger partial charge in [-0.25, -0.2) is 19.2 Å². The number of hydrogen-bond acceptors (Lipinski definition) is 7. The van der Waals surface area contributed by atoms with Crippen LogP contribution in [-0.4, -0.2) is 54.8 Å². The number of imidazole rings is 1. The van der Waals surface area contributed by atoms with Gasteiger partial charge in [0.1, 0.15) is 17.9 Å². The summed E-state index contributed by atoms with van der Waals surface area (Å²) in [6.07, 6.45) is -8.65. The number of halogens is 7. The van der Waals surface area contributed by atoms with E-state index >= 15 is 4.39 Å². The van der Waals surface area contributed by atoms with Gasteiger partial charge in [0.05, 0.1) is 12.3 Å². The number of alkyl halides is 7. The molecule has 2 bridgehead atoms. The van der Waals surface area contributed by atoms with E-state index < -0.39 is 55.1 Å². The number of aromatic amines is 1. The third-order valence-corrected chi connectivity index (χ3v) is 7.58. The fraction of sp³-hybridized carbons (Fsp3) is 0.565. The zero-order valence-corrected chi connectivity index (χ0v) is 20.4. The van der Waals surface area contributed by atoms with Gasteiger partial charge < -0.3 is 15.4 Å². The van der Waals surface area contributed by atoms with Crippen LogP contribution in [0.3, 0.4) is 0 Å². The molecular weight excluding hydrogens is 555 g/mol. The molecule has 0 saturated heterocycles. The van der Waals surface area contributed by atoms with Crippen LogP contribution in [-0.2, 0) is 22.3 Å². The van der Waals surface area contributed by atoms with Crippen molar-refractivity contribution in [1.82, 2.24) is 29.9 Å². The van der Waals surface area contributed by atoms with Gasteiger partial charge in [-0.1, -0.05) is 0 Å². The molecule has 10 nitrogen and oxygen atoms in total. The molecule has 4 aliphatic carbocycles. The smallest absolute Gasteiger partial charge is 0.443 e. The molecule has 7 rings (SSSR count). The highest BCUT2D eigenvalue weighted by Gasteiger charge is 2.58. The van der Waals surface area contributed by atoms with Gasteiger partial charge in [-0.3, -0.25) is 14.2 Å². The Morgan fingerprint density at radius 1 is 1.12 bits per heavy atom. The summed E-state index contributed by atoms with van der Waals surface area (Å²) in [6, 6.07) is 1.95. The second kappa shape index (κ2) is 9.21. The number of ether oxygens (including phenoxy) is 2. The Hall–Kier alpha value is -3.63. The summed E-state index contributed by atoms with van der Waals surface area (Å²) in [6.45, 7) is -1.03. The van der Waals surface area contributed by atoms with Gasteiger partial charge >= 0.3 is 18.6 Å². The third kappa shape index (κ3) is 5.13. The number of aromatic nitrogens is 5. The number of amides is 1. The van der Waals surface area contributed by atoms with Gasteiger partial charge in [0.25, 0.3) is 0 Å². The van der Waals surface area contributed by atoms with Gasteiger partial charge in [-0.15, -0.1) is 13.2 Å². The Kier molecular flexibility index (Phi) is 6.12. The second-order valence-corrected chi connectivity index (χ2v) is 10.4. The monoisotopic (exact) mass is 577 g/mol. The minimum atomic E-state index is -4.96. The minimum Gasteiger partial charge on any atom is -0.443 e. The molecule has 4 fully saturated rings. The van der Waals surface area contributed by atoms with E-state index in [1.165, 1.54) is 6.07 Å². The summed E-state index contributed by atoms with van der Waals surface area (Å²) >= 11 is 0. The van der Waals surface area contributed by atoms with Crippen LogP contribution >= 0.6 is 0 Å². The summed E-state index contributed by atoms with van der Waals surface area (Å²) in [5, 5.41) is 12.0. The highest BCUT2D eigenvalue weighted by Crippen LogP contribution is 2.57. The number of rotatable bonds is 7. The van der Waals surface area contributed by atoms with Crippen molar-refractivity contribution in [2.45, 2.75) is 75.0 Å². The summed E-state index contributed by atoms with van der Waals surface area (Å²) < 4.78 is 103. The molecule has 3 heterocycles. The Morgan fingerprint density at radius 3 is 2.52 bits per heavy atom. The molecule has 0 spiro atoms. The standard InChI is InChI=1S/C23H22F7N7O3/c24-18-12(1-2-14(18)40-20(38)34-21-5-10(6-21)7-21)13-3-16(36-35-13)33-19-32-15(22(25,26)27)4-17-31-11(8-37(17)19)9-39-23(28,29)30/h3-4,8,10,12,14,18H,1-2,5-7,9H2,(H,34,38)(H2,32,33,35,36)/t10?,12-,14-,18+,21?/m1/s1. The number of fused-ring (bicyclic) bond motifs is 1. The predicted molar refractivity (Wildman–Crippen MR) is 121 cm³/mol. The molecule has 40 heavy (non-hydrogen) atoms. The van der Waals surface area contributed by atoms with Crippen molar-refractivity contribution < 1.29 is 45.0 Å². The van der Waals surface area contributed by atoms with Crippen LogP contribution in [0.4, 0.5) is 47.3 Å². The molecule has 0 aromatic carbocycles. The zero-order valence-electron chi connectivity index (χ0n) is 20.4. The van der Waals surface area contributed by atoms with Gasteiger partial charge in [-0.2, -0.15) is 18.3 Å². The number of anilines is 2. The first-order valence-corrected chi connectivity index (χ1v) is 12.4. The van der Waals surface area contributed by atoms with Crippen LogP contribution in [0.25, 0.3) is 5.65 Å². The third-order valence-electron chi connectivity index (χ3n) is 7.58. The molecule has 3 atom stereocenters.